The molecule has 21 heavy (non-hydrogen) atoms. The van der Waals surface area contributed by atoms with E-state index in [1.54, 1.807) is 0 Å². The van der Waals surface area contributed by atoms with Gasteiger partial charge in [0.2, 0.25) is 16.9 Å². The van der Waals surface area contributed by atoms with Crippen molar-refractivity contribution in [2.75, 3.05) is 4.90 Å². The SMILES string of the molecule is CC1(C)CC(=O)N(c2nnc(-c3ccccc3)s2)C(=O)C1. The van der Waals surface area contributed by atoms with E-state index in [4.69, 9.17) is 0 Å². The fourth-order valence-electron chi connectivity index (χ4n) is 2.40. The molecule has 1 aromatic carbocycles. The third kappa shape index (κ3) is 2.71. The molecule has 0 radical (unpaired) electrons. The first kappa shape index (κ1) is 13.9. The number of anilines is 1. The average molecular weight is 301 g/mol. The van der Waals surface area contributed by atoms with E-state index >= 15 is 0 Å². The zero-order valence-corrected chi connectivity index (χ0v) is 12.7. The quantitative estimate of drug-likeness (QED) is 0.800. The van der Waals surface area contributed by atoms with Crippen LogP contribution in [0.25, 0.3) is 10.6 Å². The summed E-state index contributed by atoms with van der Waals surface area (Å²) in [6.45, 7) is 3.85. The van der Waals surface area contributed by atoms with Gasteiger partial charge in [-0.05, 0) is 5.41 Å². The number of amides is 2. The van der Waals surface area contributed by atoms with Gasteiger partial charge in [-0.25, -0.2) is 4.90 Å². The summed E-state index contributed by atoms with van der Waals surface area (Å²) in [5, 5.41) is 9.17. The summed E-state index contributed by atoms with van der Waals surface area (Å²) in [6.07, 6.45) is 0.692. The number of hydrogen-bond acceptors (Lipinski definition) is 5. The molecule has 1 aliphatic heterocycles. The molecular formula is C15H15N3O2S. The number of hydrogen-bond donors (Lipinski definition) is 0. The van der Waals surface area contributed by atoms with Crippen LogP contribution in [0.5, 0.6) is 0 Å². The maximum Gasteiger partial charge on any atom is 0.236 e. The van der Waals surface area contributed by atoms with Gasteiger partial charge < -0.3 is 0 Å². The molecule has 0 unspecified atom stereocenters. The Morgan fingerprint density at radius 2 is 1.67 bits per heavy atom. The fourth-order valence-corrected chi connectivity index (χ4v) is 3.28. The number of rotatable bonds is 2. The molecule has 1 fully saturated rings. The minimum Gasteiger partial charge on any atom is -0.274 e. The molecule has 5 nitrogen and oxygen atoms in total. The Morgan fingerprint density at radius 3 is 2.29 bits per heavy atom. The van der Waals surface area contributed by atoms with Crippen LogP contribution in [0, 0.1) is 5.41 Å². The Labute approximate surface area is 126 Å². The van der Waals surface area contributed by atoms with Crippen LogP contribution < -0.4 is 4.90 Å². The molecule has 2 amide bonds. The molecule has 0 bridgehead atoms. The van der Waals surface area contributed by atoms with Gasteiger partial charge in [0, 0.05) is 18.4 Å². The van der Waals surface area contributed by atoms with Gasteiger partial charge in [-0.3, -0.25) is 9.59 Å². The number of aromatic nitrogens is 2. The summed E-state index contributed by atoms with van der Waals surface area (Å²) in [5.74, 6) is -0.404. The van der Waals surface area contributed by atoms with Crippen LogP contribution in [0.15, 0.2) is 30.3 Å². The van der Waals surface area contributed by atoms with E-state index < -0.39 is 0 Å². The second-order valence-corrected chi connectivity index (χ2v) is 6.85. The second kappa shape index (κ2) is 5.04. The normalized spacial score (nSPS) is 18.1. The van der Waals surface area contributed by atoms with Crippen molar-refractivity contribution < 1.29 is 9.59 Å². The van der Waals surface area contributed by atoms with E-state index in [2.05, 4.69) is 10.2 Å². The topological polar surface area (TPSA) is 63.2 Å². The van der Waals surface area contributed by atoms with Crippen LogP contribution in [0.3, 0.4) is 0 Å². The molecule has 1 saturated heterocycles. The predicted octanol–water partition coefficient (Wildman–Crippen LogP) is 2.88. The van der Waals surface area contributed by atoms with E-state index in [-0.39, 0.29) is 17.2 Å². The number of benzene rings is 1. The zero-order chi connectivity index (χ0) is 15.0. The summed E-state index contributed by atoms with van der Waals surface area (Å²) in [7, 11) is 0. The van der Waals surface area contributed by atoms with Crippen molar-refractivity contribution in [1.29, 1.82) is 0 Å². The summed E-state index contributed by atoms with van der Waals surface area (Å²) >= 11 is 1.26. The van der Waals surface area contributed by atoms with Gasteiger partial charge in [-0.15, -0.1) is 10.2 Å². The van der Waals surface area contributed by atoms with Gasteiger partial charge in [0.05, 0.1) is 0 Å². The molecule has 1 aromatic heterocycles. The molecule has 0 atom stereocenters. The average Bonchev–Trinajstić information content (AvgIpc) is 2.87. The highest BCUT2D eigenvalue weighted by Gasteiger charge is 2.39. The molecule has 0 N–H and O–H groups in total. The minimum absolute atomic E-state index is 0.202. The highest BCUT2D eigenvalue weighted by molar-refractivity contribution is 7.18. The summed E-state index contributed by atoms with van der Waals surface area (Å²) in [5.41, 5.74) is 0.649. The third-order valence-electron chi connectivity index (χ3n) is 3.38. The molecule has 1 aliphatic rings. The van der Waals surface area contributed by atoms with Gasteiger partial charge >= 0.3 is 0 Å². The molecule has 2 heterocycles. The van der Waals surface area contributed by atoms with Crippen LogP contribution in [0.2, 0.25) is 0 Å². The van der Waals surface area contributed by atoms with Crippen molar-refractivity contribution in [3.63, 3.8) is 0 Å². The largest absolute Gasteiger partial charge is 0.274 e. The maximum absolute atomic E-state index is 12.2. The standard InChI is InChI=1S/C15H15N3O2S/c1-15(2)8-11(19)18(12(20)9-15)14-17-16-13(21-14)10-6-4-3-5-7-10/h3-7H,8-9H2,1-2H3. The van der Waals surface area contributed by atoms with Gasteiger partial charge in [0.1, 0.15) is 5.01 Å². The summed E-state index contributed by atoms with van der Waals surface area (Å²) in [4.78, 5) is 25.6. The maximum atomic E-state index is 12.2. The molecule has 6 heteroatoms. The molecule has 3 rings (SSSR count). The number of carbonyl (C=O) groups excluding carboxylic acids is 2. The lowest BCUT2D eigenvalue weighted by atomic mass is 9.82. The molecule has 0 saturated carbocycles. The van der Waals surface area contributed by atoms with Gasteiger partial charge in [-0.1, -0.05) is 55.5 Å². The van der Waals surface area contributed by atoms with Crippen LogP contribution in [-0.4, -0.2) is 22.0 Å². The van der Waals surface area contributed by atoms with Crippen molar-refractivity contribution in [3.8, 4) is 10.6 Å². The van der Waals surface area contributed by atoms with Gasteiger partial charge in [0.25, 0.3) is 0 Å². The van der Waals surface area contributed by atoms with Gasteiger partial charge in [-0.2, -0.15) is 0 Å². The Morgan fingerprint density at radius 1 is 1.05 bits per heavy atom. The summed E-state index contributed by atoms with van der Waals surface area (Å²) < 4.78 is 0. The lowest BCUT2D eigenvalue weighted by molar-refractivity contribution is -0.132. The van der Waals surface area contributed by atoms with Crippen molar-refractivity contribution in [3.05, 3.63) is 30.3 Å². The first-order valence-corrected chi connectivity index (χ1v) is 7.53. The third-order valence-corrected chi connectivity index (χ3v) is 4.34. The van der Waals surface area contributed by atoms with Crippen molar-refractivity contribution in [1.82, 2.24) is 10.2 Å². The number of piperidine rings is 1. The first-order valence-electron chi connectivity index (χ1n) is 6.71. The fraction of sp³-hybridized carbons (Fsp3) is 0.333. The first-order chi connectivity index (χ1) is 9.96. The Kier molecular flexibility index (Phi) is 3.33. The van der Waals surface area contributed by atoms with E-state index in [0.29, 0.717) is 23.0 Å². The van der Waals surface area contributed by atoms with Crippen molar-refractivity contribution in [2.24, 2.45) is 5.41 Å². The molecular weight excluding hydrogens is 286 g/mol. The lowest BCUT2D eigenvalue weighted by Gasteiger charge is -2.32. The van der Waals surface area contributed by atoms with E-state index in [9.17, 15) is 9.59 Å². The molecule has 0 aliphatic carbocycles. The van der Waals surface area contributed by atoms with Gasteiger partial charge in [0.15, 0.2) is 0 Å². The van der Waals surface area contributed by atoms with Crippen LogP contribution >= 0.6 is 11.3 Å². The van der Waals surface area contributed by atoms with Crippen LogP contribution in [-0.2, 0) is 9.59 Å². The number of carbonyl (C=O) groups is 2. The molecule has 108 valence electrons. The highest BCUT2D eigenvalue weighted by Crippen LogP contribution is 2.36. The van der Waals surface area contributed by atoms with Crippen molar-refractivity contribution >= 4 is 28.3 Å². The monoisotopic (exact) mass is 301 g/mol. The smallest absolute Gasteiger partial charge is 0.236 e. The van der Waals surface area contributed by atoms with E-state index in [1.807, 2.05) is 44.2 Å². The minimum atomic E-state index is -0.280. The van der Waals surface area contributed by atoms with Crippen LogP contribution in [0.4, 0.5) is 5.13 Å². The second-order valence-electron chi connectivity index (χ2n) is 5.90. The zero-order valence-electron chi connectivity index (χ0n) is 11.9. The highest BCUT2D eigenvalue weighted by atomic mass is 32.1. The Balaban J connectivity index is 1.90. The molecule has 2 aromatic rings. The molecule has 0 spiro atoms. The predicted molar refractivity (Wildman–Crippen MR) is 80.9 cm³/mol. The van der Waals surface area contributed by atoms with E-state index in [1.165, 1.54) is 16.2 Å². The summed E-state index contributed by atoms with van der Waals surface area (Å²) in [6, 6.07) is 9.60. The number of imide groups is 1. The van der Waals surface area contributed by atoms with E-state index in [0.717, 1.165) is 5.56 Å². The number of nitrogens with zero attached hydrogens (tertiary/aromatic N) is 3. The van der Waals surface area contributed by atoms with Crippen molar-refractivity contribution in [2.45, 2.75) is 26.7 Å². The van der Waals surface area contributed by atoms with Crippen LogP contribution in [0.1, 0.15) is 26.7 Å². The Bertz CT molecular complexity index is 674. The lowest BCUT2D eigenvalue weighted by Crippen LogP contribution is -2.46. The Hall–Kier alpha value is -2.08.